The van der Waals surface area contributed by atoms with E-state index in [0.717, 1.165) is 0 Å². The standard InChI is InChI=1S/C17H17BrClN5O4S2/c1-27-14-16(29)28-11(6-25)13(26)17(14,8-2-9(18)4-20-3-8)24-5-10(22-23-24)15-21-12(19)7-30-15/h2-5,7,11,13-14,16,25-26,29H,6H2,1H3/t11-,13+,14+,16-,17+/m0/s1. The van der Waals surface area contributed by atoms with Gasteiger partial charge in [0.05, 0.1) is 12.8 Å². The fourth-order valence-electron chi connectivity index (χ4n) is 3.71. The third-order valence-electron chi connectivity index (χ3n) is 4.98. The predicted octanol–water partition coefficient (Wildman–Crippen LogP) is 1.98. The lowest BCUT2D eigenvalue weighted by Crippen LogP contribution is -2.67. The van der Waals surface area contributed by atoms with Crippen LogP contribution in [0, 0.1) is 0 Å². The molecule has 0 radical (unpaired) electrons. The average Bonchev–Trinajstić information content (AvgIpc) is 3.38. The Morgan fingerprint density at radius 1 is 1.47 bits per heavy atom. The summed E-state index contributed by atoms with van der Waals surface area (Å²) in [5.41, 5.74) is -1.09. The molecule has 1 fully saturated rings. The lowest BCUT2D eigenvalue weighted by atomic mass is 9.76. The number of thiazole rings is 1. The summed E-state index contributed by atoms with van der Waals surface area (Å²) in [6.45, 7) is -0.429. The summed E-state index contributed by atoms with van der Waals surface area (Å²) in [4.78, 5) is 8.47. The second kappa shape index (κ2) is 8.79. The number of aliphatic hydroxyl groups excluding tert-OH is 2. The van der Waals surface area contributed by atoms with E-state index in [1.807, 2.05) is 0 Å². The van der Waals surface area contributed by atoms with Crippen LogP contribution in [0.1, 0.15) is 5.56 Å². The Bertz CT molecular complexity index is 1040. The fraction of sp³-hybridized carbons (Fsp3) is 0.412. The minimum Gasteiger partial charge on any atom is -0.394 e. The van der Waals surface area contributed by atoms with E-state index in [1.165, 1.54) is 23.1 Å². The topological polar surface area (TPSA) is 115 Å². The molecule has 0 unspecified atom stereocenters. The molecule has 5 atom stereocenters. The molecule has 3 aromatic heterocycles. The van der Waals surface area contributed by atoms with Crippen molar-refractivity contribution in [1.29, 1.82) is 0 Å². The minimum absolute atomic E-state index is 0.354. The summed E-state index contributed by atoms with van der Waals surface area (Å²) in [6.07, 6.45) is 1.86. The Labute approximate surface area is 194 Å². The van der Waals surface area contributed by atoms with Crippen molar-refractivity contribution in [2.24, 2.45) is 0 Å². The number of halogens is 2. The molecule has 0 saturated carbocycles. The Morgan fingerprint density at radius 3 is 2.90 bits per heavy atom. The molecular weight excluding hydrogens is 518 g/mol. The maximum Gasteiger partial charge on any atom is 0.149 e. The van der Waals surface area contributed by atoms with Crippen molar-refractivity contribution in [3.05, 3.63) is 45.2 Å². The summed E-state index contributed by atoms with van der Waals surface area (Å²) < 4.78 is 13.6. The van der Waals surface area contributed by atoms with Gasteiger partial charge in [0, 0.05) is 34.9 Å². The highest BCUT2D eigenvalue weighted by Gasteiger charge is 2.59. The Hall–Kier alpha value is -1.12. The van der Waals surface area contributed by atoms with Crippen LogP contribution in [0.2, 0.25) is 5.15 Å². The monoisotopic (exact) mass is 533 g/mol. The summed E-state index contributed by atoms with van der Waals surface area (Å²) >= 11 is 15.2. The van der Waals surface area contributed by atoms with Gasteiger partial charge in [-0.15, -0.1) is 29.1 Å². The maximum absolute atomic E-state index is 11.4. The fourth-order valence-corrected chi connectivity index (χ4v) is 5.48. The molecule has 0 bridgehead atoms. The van der Waals surface area contributed by atoms with Gasteiger partial charge in [0.1, 0.15) is 45.1 Å². The number of methoxy groups -OCH3 is 1. The molecule has 0 spiro atoms. The van der Waals surface area contributed by atoms with Gasteiger partial charge in [-0.1, -0.05) is 16.8 Å². The Morgan fingerprint density at radius 2 is 2.27 bits per heavy atom. The molecule has 13 heteroatoms. The van der Waals surface area contributed by atoms with E-state index in [1.54, 1.807) is 30.0 Å². The van der Waals surface area contributed by atoms with Gasteiger partial charge in [-0.3, -0.25) is 4.98 Å². The van der Waals surface area contributed by atoms with Gasteiger partial charge in [-0.2, -0.15) is 0 Å². The molecule has 4 rings (SSSR count). The molecule has 0 aromatic carbocycles. The van der Waals surface area contributed by atoms with Crippen molar-refractivity contribution in [1.82, 2.24) is 25.0 Å². The van der Waals surface area contributed by atoms with Gasteiger partial charge in [0.25, 0.3) is 0 Å². The van der Waals surface area contributed by atoms with Gasteiger partial charge in [-0.25, -0.2) is 9.67 Å². The maximum atomic E-state index is 11.4. The first kappa shape index (κ1) is 22.1. The van der Waals surface area contributed by atoms with Crippen LogP contribution in [-0.2, 0) is 15.0 Å². The van der Waals surface area contributed by atoms with E-state index < -0.39 is 35.9 Å². The molecule has 0 aliphatic carbocycles. The van der Waals surface area contributed by atoms with Gasteiger partial charge in [-0.05, 0) is 22.0 Å². The number of aromatic nitrogens is 5. The van der Waals surface area contributed by atoms with Gasteiger partial charge < -0.3 is 19.7 Å². The molecule has 4 heterocycles. The van der Waals surface area contributed by atoms with E-state index in [0.29, 0.717) is 25.9 Å². The third kappa shape index (κ3) is 3.58. The van der Waals surface area contributed by atoms with Crippen molar-refractivity contribution in [2.45, 2.75) is 29.3 Å². The Kier molecular flexibility index (Phi) is 6.47. The molecule has 3 aromatic rings. The molecular formula is C17H17BrClN5O4S2. The first-order valence-electron chi connectivity index (χ1n) is 8.72. The van der Waals surface area contributed by atoms with Crippen LogP contribution in [0.3, 0.4) is 0 Å². The van der Waals surface area contributed by atoms with E-state index >= 15 is 0 Å². The summed E-state index contributed by atoms with van der Waals surface area (Å²) in [6, 6.07) is 1.80. The SMILES string of the molecule is CO[C@@H]1[C@H](S)O[C@@H](CO)[C@@H](O)[C@@]1(c1cncc(Br)c1)n1cc(-c2nc(Cl)cs2)nn1. The molecule has 9 nitrogen and oxygen atoms in total. The molecule has 2 N–H and O–H groups in total. The number of hydrogen-bond acceptors (Lipinski definition) is 10. The Balaban J connectivity index is 1.95. The number of ether oxygens (including phenoxy) is 2. The van der Waals surface area contributed by atoms with E-state index in [-0.39, 0.29) is 0 Å². The van der Waals surface area contributed by atoms with Crippen LogP contribution >= 0.6 is 51.5 Å². The predicted molar refractivity (Wildman–Crippen MR) is 117 cm³/mol. The second-order valence-electron chi connectivity index (χ2n) is 6.59. The first-order chi connectivity index (χ1) is 14.4. The second-order valence-corrected chi connectivity index (χ2v) is 9.26. The number of nitrogens with zero attached hydrogens (tertiary/aromatic N) is 5. The normalized spacial score (nSPS) is 29.3. The van der Waals surface area contributed by atoms with Crippen LogP contribution in [0.25, 0.3) is 10.7 Å². The summed E-state index contributed by atoms with van der Waals surface area (Å²) in [7, 11) is 1.49. The minimum atomic E-state index is -1.35. The van der Waals surface area contributed by atoms with E-state index in [9.17, 15) is 10.2 Å². The van der Waals surface area contributed by atoms with Crippen LogP contribution in [-0.4, -0.2) is 72.6 Å². The first-order valence-corrected chi connectivity index (χ1v) is 11.3. The summed E-state index contributed by atoms with van der Waals surface area (Å²) in [5.74, 6) is 0. The van der Waals surface area contributed by atoms with Gasteiger partial charge in [0.15, 0.2) is 0 Å². The van der Waals surface area contributed by atoms with Crippen molar-refractivity contribution in [3.8, 4) is 10.7 Å². The molecule has 1 saturated heterocycles. The smallest absolute Gasteiger partial charge is 0.149 e. The zero-order valence-electron chi connectivity index (χ0n) is 15.5. The molecule has 0 amide bonds. The number of rotatable bonds is 5. The third-order valence-corrected chi connectivity index (χ3v) is 6.99. The molecule has 30 heavy (non-hydrogen) atoms. The highest BCUT2D eigenvalue weighted by Crippen LogP contribution is 2.44. The zero-order valence-corrected chi connectivity index (χ0v) is 19.5. The highest BCUT2D eigenvalue weighted by atomic mass is 79.9. The number of pyridine rings is 1. The lowest BCUT2D eigenvalue weighted by Gasteiger charge is -2.51. The zero-order chi connectivity index (χ0) is 21.5. The number of thiol groups is 1. The summed E-state index contributed by atoms with van der Waals surface area (Å²) in [5, 5.41) is 32.4. The number of aliphatic hydroxyl groups is 2. The number of hydrogen-bond donors (Lipinski definition) is 3. The lowest BCUT2D eigenvalue weighted by molar-refractivity contribution is -0.213. The van der Waals surface area contributed by atoms with E-state index in [4.69, 9.17) is 21.1 Å². The molecule has 160 valence electrons. The van der Waals surface area contributed by atoms with Crippen LogP contribution in [0.5, 0.6) is 0 Å². The van der Waals surface area contributed by atoms with Crippen LogP contribution in [0.15, 0.2) is 34.5 Å². The quantitative estimate of drug-likeness (QED) is 0.426. The van der Waals surface area contributed by atoms with Crippen molar-refractivity contribution in [2.75, 3.05) is 13.7 Å². The van der Waals surface area contributed by atoms with Gasteiger partial charge >= 0.3 is 0 Å². The van der Waals surface area contributed by atoms with Crippen LogP contribution in [0.4, 0.5) is 0 Å². The van der Waals surface area contributed by atoms with E-state index in [2.05, 4.69) is 48.8 Å². The molecule has 1 aliphatic rings. The van der Waals surface area contributed by atoms with Crippen LogP contribution < -0.4 is 0 Å². The largest absolute Gasteiger partial charge is 0.394 e. The van der Waals surface area contributed by atoms with Crippen molar-refractivity contribution in [3.63, 3.8) is 0 Å². The van der Waals surface area contributed by atoms with Gasteiger partial charge in [0.2, 0.25) is 0 Å². The highest BCUT2D eigenvalue weighted by molar-refractivity contribution is 9.10. The average molecular weight is 535 g/mol. The van der Waals surface area contributed by atoms with Crippen molar-refractivity contribution >= 4 is 51.5 Å². The van der Waals surface area contributed by atoms with Crippen molar-refractivity contribution < 1.29 is 19.7 Å². The molecule has 1 aliphatic heterocycles.